The molecule has 2 fully saturated rings. The second kappa shape index (κ2) is 6.68. The quantitative estimate of drug-likeness (QED) is 0.753. The maximum absolute atomic E-state index is 14.0. The lowest BCUT2D eigenvalue weighted by molar-refractivity contribution is 0.332. The third-order valence-corrected chi connectivity index (χ3v) is 6.75. The second-order valence-electron chi connectivity index (χ2n) is 5.41. The molecule has 124 valence electrons. The van der Waals surface area contributed by atoms with E-state index in [0.717, 1.165) is 31.5 Å². The lowest BCUT2D eigenvalue weighted by Gasteiger charge is -2.27. The zero-order valence-corrected chi connectivity index (χ0v) is 14.8. The van der Waals surface area contributed by atoms with Crippen molar-refractivity contribution in [3.63, 3.8) is 0 Å². The Morgan fingerprint density at radius 3 is 2.55 bits per heavy atom. The molecule has 2 atom stereocenters. The first-order valence-electron chi connectivity index (χ1n) is 6.80. The van der Waals surface area contributed by atoms with Gasteiger partial charge >= 0.3 is 0 Å². The van der Waals surface area contributed by atoms with Crippen molar-refractivity contribution in [1.82, 2.24) is 9.62 Å². The van der Waals surface area contributed by atoms with E-state index in [-0.39, 0.29) is 29.0 Å². The molecular weight excluding hydrogens is 402 g/mol. The molecule has 0 saturated carbocycles. The van der Waals surface area contributed by atoms with Crippen LogP contribution in [0.25, 0.3) is 0 Å². The van der Waals surface area contributed by atoms with Gasteiger partial charge < -0.3 is 5.32 Å². The van der Waals surface area contributed by atoms with Gasteiger partial charge in [0.05, 0.1) is 4.47 Å². The van der Waals surface area contributed by atoms with Gasteiger partial charge in [0.25, 0.3) is 0 Å². The SMILES string of the molecule is Cl.O=S(=O)(c1cc(F)c(Br)cc1F)N1C2CCNCC1CC2. The third-order valence-electron chi connectivity index (χ3n) is 4.12. The standard InChI is InChI=1S/C13H15BrF2N2O2S.ClH/c14-10-5-12(16)13(6-11(10)15)21(19,20)18-8-1-2-9(18)7-17-4-3-8;/h5-6,8-9,17H,1-4,7H2;1H. The molecule has 0 aliphatic carbocycles. The molecule has 1 N–H and O–H groups in total. The van der Waals surface area contributed by atoms with E-state index in [1.165, 1.54) is 4.31 Å². The third kappa shape index (κ3) is 3.03. The zero-order valence-electron chi connectivity index (χ0n) is 11.6. The average molecular weight is 418 g/mol. The Kier molecular flexibility index (Phi) is 5.49. The predicted octanol–water partition coefficient (Wildman–Crippen LogP) is 2.66. The molecular formula is C13H16BrClF2N2O2S. The number of nitrogens with zero attached hydrogens (tertiary/aromatic N) is 1. The van der Waals surface area contributed by atoms with Crippen molar-refractivity contribution in [2.45, 2.75) is 36.2 Å². The first-order chi connectivity index (χ1) is 9.91. The second-order valence-corrected chi connectivity index (χ2v) is 8.08. The predicted molar refractivity (Wildman–Crippen MR) is 84.6 cm³/mol. The first kappa shape index (κ1) is 18.1. The fraction of sp³-hybridized carbons (Fsp3) is 0.538. The van der Waals surface area contributed by atoms with Gasteiger partial charge in [0.1, 0.15) is 16.5 Å². The van der Waals surface area contributed by atoms with E-state index >= 15 is 0 Å². The van der Waals surface area contributed by atoms with Gasteiger partial charge in [0.2, 0.25) is 10.0 Å². The van der Waals surface area contributed by atoms with Crippen LogP contribution >= 0.6 is 28.3 Å². The summed E-state index contributed by atoms with van der Waals surface area (Å²) in [4.78, 5) is -0.581. The molecule has 1 aromatic carbocycles. The summed E-state index contributed by atoms with van der Waals surface area (Å²) in [5.74, 6) is -1.71. The van der Waals surface area contributed by atoms with Crippen molar-refractivity contribution in [3.05, 3.63) is 28.2 Å². The van der Waals surface area contributed by atoms with Crippen LogP contribution in [0.2, 0.25) is 0 Å². The molecule has 0 radical (unpaired) electrons. The molecule has 0 spiro atoms. The number of nitrogens with one attached hydrogen (secondary N) is 1. The molecule has 2 heterocycles. The highest BCUT2D eigenvalue weighted by molar-refractivity contribution is 9.10. The summed E-state index contributed by atoms with van der Waals surface area (Å²) in [7, 11) is -4.03. The van der Waals surface area contributed by atoms with E-state index in [1.807, 2.05) is 0 Å². The minimum absolute atomic E-state index is 0. The molecule has 4 nitrogen and oxygen atoms in total. The molecule has 3 rings (SSSR count). The maximum atomic E-state index is 14.0. The van der Waals surface area contributed by atoms with E-state index in [4.69, 9.17) is 0 Å². The molecule has 2 aliphatic heterocycles. The summed E-state index contributed by atoms with van der Waals surface area (Å²) in [5, 5.41) is 3.19. The Morgan fingerprint density at radius 1 is 1.14 bits per heavy atom. The fourth-order valence-corrected chi connectivity index (χ4v) is 5.42. The summed E-state index contributed by atoms with van der Waals surface area (Å²) < 4.78 is 54.5. The van der Waals surface area contributed by atoms with Gasteiger partial charge in [0.15, 0.2) is 0 Å². The van der Waals surface area contributed by atoms with Crippen LogP contribution in [0.4, 0.5) is 8.78 Å². The van der Waals surface area contributed by atoms with Crippen LogP contribution in [0.15, 0.2) is 21.5 Å². The van der Waals surface area contributed by atoms with Crippen LogP contribution < -0.4 is 5.32 Å². The van der Waals surface area contributed by atoms with Gasteiger partial charge in [-0.1, -0.05) is 0 Å². The van der Waals surface area contributed by atoms with E-state index in [9.17, 15) is 17.2 Å². The number of hydrogen-bond acceptors (Lipinski definition) is 3. The Morgan fingerprint density at radius 2 is 1.82 bits per heavy atom. The van der Waals surface area contributed by atoms with E-state index < -0.39 is 26.6 Å². The lowest BCUT2D eigenvalue weighted by Crippen LogP contribution is -2.42. The molecule has 2 aliphatic rings. The number of hydrogen-bond donors (Lipinski definition) is 1. The van der Waals surface area contributed by atoms with Gasteiger partial charge in [-0.2, -0.15) is 4.31 Å². The fourth-order valence-electron chi connectivity index (χ4n) is 3.15. The molecule has 0 aromatic heterocycles. The molecule has 2 unspecified atom stereocenters. The smallest absolute Gasteiger partial charge is 0.246 e. The first-order valence-corrected chi connectivity index (χ1v) is 9.03. The van der Waals surface area contributed by atoms with Crippen LogP contribution in [-0.4, -0.2) is 37.9 Å². The number of sulfonamides is 1. The molecule has 2 saturated heterocycles. The highest BCUT2D eigenvalue weighted by Crippen LogP contribution is 2.35. The Balaban J connectivity index is 0.00000176. The van der Waals surface area contributed by atoms with Crippen molar-refractivity contribution in [2.24, 2.45) is 0 Å². The maximum Gasteiger partial charge on any atom is 0.246 e. The number of fused-ring (bicyclic) bond motifs is 2. The Bertz CT molecular complexity index is 660. The summed E-state index contributed by atoms with van der Waals surface area (Å²) in [6.45, 7) is 1.29. The van der Waals surface area contributed by atoms with Crippen LogP contribution in [0.3, 0.4) is 0 Å². The normalized spacial score (nSPS) is 25.6. The summed E-state index contributed by atoms with van der Waals surface area (Å²) in [6.07, 6.45) is 2.21. The van der Waals surface area contributed by atoms with Crippen LogP contribution in [0.1, 0.15) is 19.3 Å². The number of benzene rings is 1. The molecule has 22 heavy (non-hydrogen) atoms. The van der Waals surface area contributed by atoms with E-state index in [1.54, 1.807) is 0 Å². The summed E-state index contributed by atoms with van der Waals surface area (Å²) >= 11 is 2.86. The highest BCUT2D eigenvalue weighted by atomic mass is 79.9. The van der Waals surface area contributed by atoms with Crippen molar-refractivity contribution in [1.29, 1.82) is 0 Å². The van der Waals surface area contributed by atoms with Gasteiger partial charge in [-0.05, 0) is 53.9 Å². The zero-order chi connectivity index (χ0) is 15.2. The van der Waals surface area contributed by atoms with Gasteiger partial charge in [0, 0.05) is 18.6 Å². The minimum atomic E-state index is -4.03. The summed E-state index contributed by atoms with van der Waals surface area (Å²) in [6, 6.07) is 1.29. The molecule has 0 amide bonds. The topological polar surface area (TPSA) is 49.4 Å². The van der Waals surface area contributed by atoms with Crippen LogP contribution in [0.5, 0.6) is 0 Å². The van der Waals surface area contributed by atoms with Crippen molar-refractivity contribution in [3.8, 4) is 0 Å². The van der Waals surface area contributed by atoms with Crippen molar-refractivity contribution < 1.29 is 17.2 Å². The van der Waals surface area contributed by atoms with E-state index in [0.29, 0.717) is 13.0 Å². The molecule has 2 bridgehead atoms. The average Bonchev–Trinajstić information content (AvgIpc) is 2.68. The molecule has 1 aromatic rings. The highest BCUT2D eigenvalue weighted by Gasteiger charge is 2.44. The monoisotopic (exact) mass is 416 g/mol. The van der Waals surface area contributed by atoms with Crippen molar-refractivity contribution in [2.75, 3.05) is 13.1 Å². The number of halogens is 4. The summed E-state index contributed by atoms with van der Waals surface area (Å²) in [5.41, 5.74) is 0. The Hall–Kier alpha value is -0.280. The van der Waals surface area contributed by atoms with E-state index in [2.05, 4.69) is 21.2 Å². The number of rotatable bonds is 2. The lowest BCUT2D eigenvalue weighted by atomic mass is 10.1. The van der Waals surface area contributed by atoms with Gasteiger partial charge in [-0.15, -0.1) is 12.4 Å². The van der Waals surface area contributed by atoms with Gasteiger partial charge in [-0.25, -0.2) is 17.2 Å². The minimum Gasteiger partial charge on any atom is -0.315 e. The molecule has 9 heteroatoms. The van der Waals surface area contributed by atoms with Crippen LogP contribution in [-0.2, 0) is 10.0 Å². The van der Waals surface area contributed by atoms with Crippen molar-refractivity contribution >= 4 is 38.4 Å². The largest absolute Gasteiger partial charge is 0.315 e. The Labute approximate surface area is 142 Å². The van der Waals surface area contributed by atoms with Gasteiger partial charge in [-0.3, -0.25) is 0 Å². The van der Waals surface area contributed by atoms with Crippen LogP contribution in [0, 0.1) is 11.6 Å².